The van der Waals surface area contributed by atoms with E-state index in [2.05, 4.69) is 26.2 Å². The molecule has 2 rings (SSSR count). The second-order valence-electron chi connectivity index (χ2n) is 7.07. The van der Waals surface area contributed by atoms with Crippen molar-refractivity contribution >= 4 is 27.5 Å². The van der Waals surface area contributed by atoms with Gasteiger partial charge < -0.3 is 10.1 Å². The van der Waals surface area contributed by atoms with Gasteiger partial charge in [0.25, 0.3) is 0 Å². The van der Waals surface area contributed by atoms with Gasteiger partial charge in [0.15, 0.2) is 0 Å². The maximum atomic E-state index is 13.1. The van der Waals surface area contributed by atoms with Gasteiger partial charge in [0.05, 0.1) is 16.7 Å². The van der Waals surface area contributed by atoms with Crippen molar-refractivity contribution in [1.82, 2.24) is 4.98 Å². The third kappa shape index (κ3) is 4.80. The number of rotatable bonds is 5. The molecule has 8 heteroatoms. The molecule has 0 aliphatic rings. The summed E-state index contributed by atoms with van der Waals surface area (Å²) in [5.74, 6) is -0.0608. The molecule has 0 spiro atoms. The lowest BCUT2D eigenvalue weighted by Gasteiger charge is -2.40. The molecule has 0 unspecified atom stereocenters. The van der Waals surface area contributed by atoms with Gasteiger partial charge in [0.1, 0.15) is 11.4 Å². The van der Waals surface area contributed by atoms with Crippen LogP contribution in [0.15, 0.2) is 47.2 Å². The summed E-state index contributed by atoms with van der Waals surface area (Å²) < 4.78 is 46.2. The first-order valence-corrected chi connectivity index (χ1v) is 8.91. The molecule has 4 nitrogen and oxygen atoms in total. The van der Waals surface area contributed by atoms with E-state index in [1.54, 1.807) is 45.9 Å². The predicted octanol–water partition coefficient (Wildman–Crippen LogP) is 5.69. The minimum Gasteiger partial charge on any atom is -0.487 e. The fourth-order valence-corrected chi connectivity index (χ4v) is 2.61. The quantitative estimate of drug-likeness (QED) is 0.644. The molecular weight excluding hydrogens is 425 g/mol. The van der Waals surface area contributed by atoms with E-state index < -0.39 is 28.7 Å². The van der Waals surface area contributed by atoms with Gasteiger partial charge in [0, 0.05) is 16.9 Å². The molecule has 0 aliphatic heterocycles. The van der Waals surface area contributed by atoms with Crippen LogP contribution in [0.5, 0.6) is 5.75 Å². The van der Waals surface area contributed by atoms with E-state index in [0.29, 0.717) is 11.9 Å². The van der Waals surface area contributed by atoms with Gasteiger partial charge in [-0.05, 0) is 52.0 Å². The van der Waals surface area contributed by atoms with Gasteiger partial charge in [-0.25, -0.2) is 0 Å². The van der Waals surface area contributed by atoms with E-state index in [1.165, 1.54) is 6.20 Å². The van der Waals surface area contributed by atoms with E-state index in [1.807, 2.05) is 6.07 Å². The van der Waals surface area contributed by atoms with Crippen LogP contribution in [0.2, 0.25) is 0 Å². The number of ether oxygens (including phenoxy) is 1. The Balaban J connectivity index is 2.26. The molecule has 1 aromatic carbocycles. The van der Waals surface area contributed by atoms with Crippen LogP contribution in [-0.2, 0) is 11.0 Å². The van der Waals surface area contributed by atoms with Gasteiger partial charge in [-0.3, -0.25) is 9.78 Å². The Hall–Kier alpha value is -2.09. The Morgan fingerprint density at radius 3 is 2.41 bits per heavy atom. The van der Waals surface area contributed by atoms with Crippen LogP contribution in [-0.4, -0.2) is 16.5 Å². The van der Waals surface area contributed by atoms with E-state index in [0.717, 1.165) is 10.5 Å². The molecule has 2 aromatic rings. The van der Waals surface area contributed by atoms with Crippen molar-refractivity contribution in [3.8, 4) is 5.75 Å². The van der Waals surface area contributed by atoms with Gasteiger partial charge in [-0.2, -0.15) is 13.2 Å². The Morgan fingerprint density at radius 2 is 1.81 bits per heavy atom. The van der Waals surface area contributed by atoms with Gasteiger partial charge in [-0.15, -0.1) is 0 Å². The molecule has 1 N–H and O–H groups in total. The lowest BCUT2D eigenvalue weighted by Crippen LogP contribution is -2.51. The zero-order valence-corrected chi connectivity index (χ0v) is 16.9. The molecule has 27 heavy (non-hydrogen) atoms. The summed E-state index contributed by atoms with van der Waals surface area (Å²) in [5, 5.41) is 2.37. The minimum atomic E-state index is -4.62. The van der Waals surface area contributed by atoms with Crippen molar-refractivity contribution in [2.75, 3.05) is 5.32 Å². The molecule has 0 fully saturated rings. The molecule has 0 atom stereocenters. The number of alkyl halides is 3. The number of hydrogen-bond donors (Lipinski definition) is 1. The van der Waals surface area contributed by atoms with Crippen LogP contribution in [0.3, 0.4) is 0 Å². The average molecular weight is 445 g/mol. The molecule has 0 saturated carbocycles. The molecule has 1 aromatic heterocycles. The lowest BCUT2D eigenvalue weighted by atomic mass is 9.76. The zero-order valence-electron chi connectivity index (χ0n) is 15.3. The highest BCUT2D eigenvalue weighted by Crippen LogP contribution is 2.39. The smallest absolute Gasteiger partial charge is 0.419 e. The summed E-state index contributed by atoms with van der Waals surface area (Å²) in [6.07, 6.45) is -2.74. The third-order valence-corrected chi connectivity index (χ3v) is 5.11. The van der Waals surface area contributed by atoms with E-state index in [9.17, 15) is 18.0 Å². The molecule has 0 saturated heterocycles. The summed E-state index contributed by atoms with van der Waals surface area (Å²) in [6.45, 7) is 6.67. The number of anilines is 1. The first-order valence-electron chi connectivity index (χ1n) is 8.12. The summed E-state index contributed by atoms with van der Waals surface area (Å²) in [7, 11) is 0. The normalized spacial score (nSPS) is 12.6. The highest BCUT2D eigenvalue weighted by atomic mass is 79.9. The monoisotopic (exact) mass is 444 g/mol. The number of carbonyl (C=O) groups excluding carboxylic acids is 1. The van der Waals surface area contributed by atoms with Crippen LogP contribution in [0.25, 0.3) is 0 Å². The zero-order chi connectivity index (χ0) is 20.5. The van der Waals surface area contributed by atoms with Crippen LogP contribution in [0.1, 0.15) is 33.3 Å². The van der Waals surface area contributed by atoms with Gasteiger partial charge >= 0.3 is 6.18 Å². The number of pyridine rings is 1. The van der Waals surface area contributed by atoms with Crippen molar-refractivity contribution in [1.29, 1.82) is 0 Å². The first kappa shape index (κ1) is 21.2. The third-order valence-electron chi connectivity index (χ3n) is 4.62. The van der Waals surface area contributed by atoms with E-state index in [-0.39, 0.29) is 5.69 Å². The van der Waals surface area contributed by atoms with Crippen molar-refractivity contribution in [2.24, 2.45) is 5.41 Å². The molecule has 0 bridgehead atoms. The SMILES string of the molecule is CC(C)(Oc1cccc(Br)c1)C(C)(C)C(=O)Nc1ccncc1C(F)(F)F. The number of amides is 1. The standard InChI is InChI=1S/C19H20BrF3N2O2/c1-17(2,18(3,4)27-13-7-5-6-12(20)10-13)16(26)25-15-8-9-24-11-14(15)19(21,22)23/h5-11H,1-4H3,(H,24,25,26). The molecule has 1 amide bonds. The maximum absolute atomic E-state index is 13.1. The van der Waals surface area contributed by atoms with Crippen LogP contribution >= 0.6 is 15.9 Å². The fraction of sp³-hybridized carbons (Fsp3) is 0.368. The molecule has 0 aliphatic carbocycles. The van der Waals surface area contributed by atoms with Crippen molar-refractivity contribution in [3.05, 3.63) is 52.8 Å². The highest BCUT2D eigenvalue weighted by Gasteiger charge is 2.46. The molecule has 0 radical (unpaired) electrons. The van der Waals surface area contributed by atoms with Crippen molar-refractivity contribution in [2.45, 2.75) is 39.5 Å². The van der Waals surface area contributed by atoms with Crippen molar-refractivity contribution in [3.63, 3.8) is 0 Å². The van der Waals surface area contributed by atoms with Crippen molar-refractivity contribution < 1.29 is 22.7 Å². The summed E-state index contributed by atoms with van der Waals surface area (Å²) in [5.41, 5.74) is -3.50. The van der Waals surface area contributed by atoms with E-state index in [4.69, 9.17) is 4.74 Å². The average Bonchev–Trinajstić information content (AvgIpc) is 2.53. The summed E-state index contributed by atoms with van der Waals surface area (Å²) in [4.78, 5) is 16.3. The predicted molar refractivity (Wildman–Crippen MR) is 100 cm³/mol. The number of carbonyl (C=O) groups is 1. The fourth-order valence-electron chi connectivity index (χ4n) is 2.23. The Bertz CT molecular complexity index is 836. The second kappa shape index (κ2) is 7.50. The van der Waals surface area contributed by atoms with Crippen LogP contribution < -0.4 is 10.1 Å². The molecule has 146 valence electrons. The van der Waals surface area contributed by atoms with Crippen LogP contribution in [0, 0.1) is 5.41 Å². The van der Waals surface area contributed by atoms with Gasteiger partial charge in [0.2, 0.25) is 5.91 Å². The Labute approximate surface area is 164 Å². The second-order valence-corrected chi connectivity index (χ2v) is 7.98. The number of halogens is 4. The lowest BCUT2D eigenvalue weighted by molar-refractivity contribution is -0.137. The molecular formula is C19H20BrF3N2O2. The largest absolute Gasteiger partial charge is 0.487 e. The molecule has 1 heterocycles. The number of benzene rings is 1. The summed E-state index contributed by atoms with van der Waals surface area (Å²) >= 11 is 3.35. The number of aromatic nitrogens is 1. The maximum Gasteiger partial charge on any atom is 0.419 e. The van der Waals surface area contributed by atoms with Crippen LogP contribution in [0.4, 0.5) is 18.9 Å². The summed E-state index contributed by atoms with van der Waals surface area (Å²) in [6, 6.07) is 8.24. The number of hydrogen-bond acceptors (Lipinski definition) is 3. The minimum absolute atomic E-state index is 0.339. The Morgan fingerprint density at radius 1 is 1.15 bits per heavy atom. The Kier molecular flexibility index (Phi) is 5.89. The van der Waals surface area contributed by atoms with Gasteiger partial charge in [-0.1, -0.05) is 22.0 Å². The number of nitrogens with zero attached hydrogens (tertiary/aromatic N) is 1. The first-order chi connectivity index (χ1) is 12.3. The number of nitrogens with one attached hydrogen (secondary N) is 1. The van der Waals surface area contributed by atoms with E-state index >= 15 is 0 Å². The highest BCUT2D eigenvalue weighted by molar-refractivity contribution is 9.10. The topological polar surface area (TPSA) is 51.2 Å².